The standard InChI is InChI=1S/C24H31F3N8O3.C2HF3O2/c25-24(26,27)18-10-29-22(33-21(18)38-16-13-37-14-16)30-15-2-1-5-35(12-15)20-17-3-4-28-11-19(17)31-23(32-20)34-6-8-36-9-7-34;3-2(4,5)1(6)7/h10,15-16,28H,1-9,11-14H2,(H,29,30,33);(H,6,7)/t15-;/m1./s1. The molecule has 4 aliphatic heterocycles. The summed E-state index contributed by atoms with van der Waals surface area (Å²) in [5.74, 6) is -1.46. The fourth-order valence-corrected chi connectivity index (χ4v) is 5.12. The normalized spacial score (nSPS) is 20.8. The largest absolute Gasteiger partial charge is 0.490 e. The van der Waals surface area contributed by atoms with Crippen molar-refractivity contribution in [2.24, 2.45) is 0 Å². The summed E-state index contributed by atoms with van der Waals surface area (Å²) >= 11 is 0. The van der Waals surface area contributed by atoms with Gasteiger partial charge in [0, 0.05) is 50.5 Å². The van der Waals surface area contributed by atoms with E-state index in [0.717, 1.165) is 68.7 Å². The number of anilines is 3. The van der Waals surface area contributed by atoms with Crippen molar-refractivity contribution in [1.82, 2.24) is 25.3 Å². The van der Waals surface area contributed by atoms with Crippen molar-refractivity contribution in [3.8, 4) is 5.88 Å². The molecule has 0 amide bonds. The number of carboxylic acids is 1. The van der Waals surface area contributed by atoms with Gasteiger partial charge in [-0.2, -0.15) is 36.3 Å². The number of halogens is 6. The maximum atomic E-state index is 13.5. The van der Waals surface area contributed by atoms with E-state index in [1.807, 2.05) is 0 Å². The lowest BCUT2D eigenvalue weighted by molar-refractivity contribution is -0.192. The number of hydrogen-bond acceptors (Lipinski definition) is 12. The Morgan fingerprint density at radius 2 is 1.78 bits per heavy atom. The number of carbonyl (C=O) groups is 1. The van der Waals surface area contributed by atoms with Crippen LogP contribution in [0.1, 0.15) is 29.7 Å². The Labute approximate surface area is 253 Å². The molecule has 3 saturated heterocycles. The highest BCUT2D eigenvalue weighted by molar-refractivity contribution is 5.73. The van der Waals surface area contributed by atoms with Crippen molar-refractivity contribution in [1.29, 1.82) is 0 Å². The van der Waals surface area contributed by atoms with Crippen molar-refractivity contribution in [2.75, 3.05) is 74.3 Å². The first-order chi connectivity index (χ1) is 21.4. The van der Waals surface area contributed by atoms with Crippen LogP contribution in [0.4, 0.5) is 44.1 Å². The van der Waals surface area contributed by atoms with Crippen LogP contribution < -0.4 is 25.2 Å². The topological polar surface area (TPSA) is 147 Å². The maximum Gasteiger partial charge on any atom is 0.490 e. The van der Waals surface area contributed by atoms with Gasteiger partial charge in [0.2, 0.25) is 17.8 Å². The minimum Gasteiger partial charge on any atom is -0.475 e. The number of nitrogens with zero attached hydrogens (tertiary/aromatic N) is 6. The molecule has 13 nitrogen and oxygen atoms in total. The van der Waals surface area contributed by atoms with Crippen molar-refractivity contribution >= 4 is 23.7 Å². The third kappa shape index (κ3) is 8.31. The average Bonchev–Trinajstić information content (AvgIpc) is 2.98. The predicted octanol–water partition coefficient (Wildman–Crippen LogP) is 2.26. The molecule has 6 rings (SSSR count). The Kier molecular flexibility index (Phi) is 9.97. The second-order valence-electron chi connectivity index (χ2n) is 10.7. The van der Waals surface area contributed by atoms with E-state index in [4.69, 9.17) is 34.1 Å². The van der Waals surface area contributed by atoms with Gasteiger partial charge in [0.1, 0.15) is 17.5 Å². The summed E-state index contributed by atoms with van der Waals surface area (Å²) in [7, 11) is 0. The lowest BCUT2D eigenvalue weighted by Crippen LogP contribution is -2.44. The minimum atomic E-state index is -5.08. The molecule has 0 radical (unpaired) electrons. The smallest absolute Gasteiger partial charge is 0.475 e. The molecule has 6 heterocycles. The molecule has 0 bridgehead atoms. The number of aliphatic carboxylic acids is 1. The lowest BCUT2D eigenvalue weighted by atomic mass is 10.0. The number of ether oxygens (including phenoxy) is 3. The zero-order valence-electron chi connectivity index (χ0n) is 24.0. The van der Waals surface area contributed by atoms with Gasteiger partial charge in [-0.3, -0.25) is 0 Å². The Morgan fingerprint density at radius 1 is 1.04 bits per heavy atom. The van der Waals surface area contributed by atoms with Gasteiger partial charge in [-0.15, -0.1) is 0 Å². The van der Waals surface area contributed by atoms with E-state index in [1.165, 1.54) is 0 Å². The molecule has 2 aromatic rings. The third-order valence-electron chi connectivity index (χ3n) is 7.44. The van der Waals surface area contributed by atoms with E-state index in [1.54, 1.807) is 0 Å². The molecule has 0 unspecified atom stereocenters. The first-order valence-corrected chi connectivity index (χ1v) is 14.3. The number of carboxylic acid groups (broad SMARTS) is 1. The van der Waals surface area contributed by atoms with E-state index in [9.17, 15) is 26.3 Å². The van der Waals surface area contributed by atoms with Crippen molar-refractivity contribution < 1.29 is 50.5 Å². The molecule has 3 N–H and O–H groups in total. The molecule has 0 aromatic carbocycles. The van der Waals surface area contributed by atoms with Crippen LogP contribution in [-0.2, 0) is 33.4 Å². The summed E-state index contributed by atoms with van der Waals surface area (Å²) < 4.78 is 88.3. The number of piperidine rings is 1. The van der Waals surface area contributed by atoms with E-state index >= 15 is 0 Å². The summed E-state index contributed by atoms with van der Waals surface area (Å²) in [6.45, 7) is 6.30. The third-order valence-corrected chi connectivity index (χ3v) is 7.44. The number of nitrogens with one attached hydrogen (secondary N) is 2. The van der Waals surface area contributed by atoms with Crippen LogP contribution in [-0.4, -0.2) is 108 Å². The zero-order chi connectivity index (χ0) is 32.2. The van der Waals surface area contributed by atoms with Crippen LogP contribution in [0.3, 0.4) is 0 Å². The van der Waals surface area contributed by atoms with Crippen LogP contribution in [0.15, 0.2) is 6.20 Å². The van der Waals surface area contributed by atoms with Gasteiger partial charge in [0.15, 0.2) is 0 Å². The van der Waals surface area contributed by atoms with Crippen molar-refractivity contribution in [3.05, 3.63) is 23.0 Å². The number of hydrogen-bond donors (Lipinski definition) is 3. The lowest BCUT2D eigenvalue weighted by Gasteiger charge is -2.37. The molecule has 1 atom stereocenters. The van der Waals surface area contributed by atoms with E-state index in [0.29, 0.717) is 32.3 Å². The van der Waals surface area contributed by atoms with E-state index in [2.05, 4.69) is 30.4 Å². The predicted molar refractivity (Wildman–Crippen MR) is 145 cm³/mol. The number of aromatic nitrogens is 4. The molecule has 19 heteroatoms. The van der Waals surface area contributed by atoms with Crippen LogP contribution in [0.25, 0.3) is 0 Å². The summed E-state index contributed by atoms with van der Waals surface area (Å²) in [4.78, 5) is 31.3. The minimum absolute atomic E-state index is 0.0699. The monoisotopic (exact) mass is 650 g/mol. The molecule has 45 heavy (non-hydrogen) atoms. The van der Waals surface area contributed by atoms with Gasteiger partial charge < -0.3 is 39.8 Å². The second-order valence-corrected chi connectivity index (χ2v) is 10.7. The van der Waals surface area contributed by atoms with E-state index in [-0.39, 0.29) is 25.2 Å². The fourth-order valence-electron chi connectivity index (χ4n) is 5.12. The fraction of sp³-hybridized carbons (Fsp3) is 0.654. The van der Waals surface area contributed by atoms with Crippen LogP contribution in [0.5, 0.6) is 5.88 Å². The van der Waals surface area contributed by atoms with Crippen LogP contribution in [0, 0.1) is 0 Å². The Balaban J connectivity index is 0.000000515. The van der Waals surface area contributed by atoms with Crippen molar-refractivity contribution in [2.45, 2.75) is 50.3 Å². The highest BCUT2D eigenvalue weighted by Crippen LogP contribution is 2.36. The number of morpholine rings is 1. The summed E-state index contributed by atoms with van der Waals surface area (Å²) in [6.07, 6.45) is -6.78. The van der Waals surface area contributed by atoms with Gasteiger partial charge in [-0.05, 0) is 25.8 Å². The summed E-state index contributed by atoms with van der Waals surface area (Å²) in [5.41, 5.74) is 1.19. The first-order valence-electron chi connectivity index (χ1n) is 14.3. The Morgan fingerprint density at radius 3 is 2.42 bits per heavy atom. The number of fused-ring (bicyclic) bond motifs is 1. The molecule has 4 aliphatic rings. The molecular weight excluding hydrogens is 618 g/mol. The zero-order valence-corrected chi connectivity index (χ0v) is 24.0. The molecule has 2 aromatic heterocycles. The second kappa shape index (κ2) is 13.7. The van der Waals surface area contributed by atoms with Gasteiger partial charge in [0.05, 0.1) is 32.1 Å². The number of rotatable bonds is 6. The molecule has 0 spiro atoms. The van der Waals surface area contributed by atoms with Crippen LogP contribution in [0.2, 0.25) is 0 Å². The molecule has 0 aliphatic carbocycles. The molecular formula is C26H32F6N8O5. The Bertz CT molecular complexity index is 1340. The highest BCUT2D eigenvalue weighted by Gasteiger charge is 2.39. The quantitative estimate of drug-likeness (QED) is 0.393. The van der Waals surface area contributed by atoms with Gasteiger partial charge >= 0.3 is 18.3 Å². The summed E-state index contributed by atoms with van der Waals surface area (Å²) in [5, 5.41) is 13.8. The van der Waals surface area contributed by atoms with Gasteiger partial charge in [-0.25, -0.2) is 14.8 Å². The Hall–Kier alpha value is -3.71. The highest BCUT2D eigenvalue weighted by atomic mass is 19.4. The summed E-state index contributed by atoms with van der Waals surface area (Å²) in [6, 6.07) is -0.0699. The molecule has 248 valence electrons. The first kappa shape index (κ1) is 32.7. The van der Waals surface area contributed by atoms with Crippen molar-refractivity contribution in [3.63, 3.8) is 0 Å². The number of alkyl halides is 6. The molecule has 3 fully saturated rings. The maximum absolute atomic E-state index is 13.5. The molecule has 0 saturated carbocycles. The SMILES string of the molecule is FC(F)(F)c1cnc(N[C@@H]2CCCN(c3nc(N4CCOCC4)nc4c3CCNC4)C2)nc1OC1COC1.O=C(O)C(F)(F)F. The average molecular weight is 651 g/mol. The van der Waals surface area contributed by atoms with Gasteiger partial charge in [-0.1, -0.05) is 0 Å². The van der Waals surface area contributed by atoms with Crippen LogP contribution >= 0.6 is 0 Å². The van der Waals surface area contributed by atoms with E-state index < -0.39 is 35.9 Å². The van der Waals surface area contributed by atoms with Gasteiger partial charge in [0.25, 0.3) is 0 Å².